The zero-order valence-electron chi connectivity index (χ0n) is 51.1. The van der Waals surface area contributed by atoms with Gasteiger partial charge in [-0.3, -0.25) is 18.6 Å². The first kappa shape index (κ1) is 74.9. The number of hydrogen-bond acceptors (Lipinski definition) is 6. The van der Waals surface area contributed by atoms with E-state index in [0.717, 1.165) is 135 Å². The smallest absolute Gasteiger partial charge is 0.456 e. The van der Waals surface area contributed by atoms with Gasteiger partial charge in [0.05, 0.1) is 33.8 Å². The van der Waals surface area contributed by atoms with Crippen LogP contribution in [0.25, 0.3) is 0 Å². The maximum atomic E-state index is 13.5. The van der Waals surface area contributed by atoms with Gasteiger partial charge < -0.3 is 19.4 Å². The van der Waals surface area contributed by atoms with Crippen LogP contribution in [-0.4, -0.2) is 74.3 Å². The predicted molar refractivity (Wildman–Crippen MR) is 341 cm³/mol. The molecule has 0 bridgehead atoms. The predicted octanol–water partition coefficient (Wildman–Crippen LogP) is 19.4. The number of carbonyl (C=O) groups excluding carboxylic acids is 2. The number of amides is 1. The average Bonchev–Trinajstić information content (AvgIpc) is 3.41. The molecule has 3 atom stereocenters. The van der Waals surface area contributed by atoms with Crippen molar-refractivity contribution in [3.8, 4) is 0 Å². The fourth-order valence-corrected chi connectivity index (χ4v) is 8.76. The molecule has 0 aromatic heterocycles. The molecule has 0 aliphatic heterocycles. The van der Waals surface area contributed by atoms with E-state index in [2.05, 4.69) is 160 Å². The molecule has 1 amide bonds. The number of carbonyl (C=O) groups is 2. The van der Waals surface area contributed by atoms with Crippen LogP contribution in [0.3, 0.4) is 0 Å². The summed E-state index contributed by atoms with van der Waals surface area (Å²) in [5, 5.41) is 3.03. The number of likely N-dealkylation sites (N-methyl/N-ethyl adjacent to an activating group) is 1. The summed E-state index contributed by atoms with van der Waals surface area (Å²) in [5.74, 6) is -0.591. The Kier molecular flexibility index (Phi) is 54.2. The largest absolute Gasteiger partial charge is 0.472 e. The molecule has 9 nitrogen and oxygen atoms in total. The molecule has 0 aromatic rings. The van der Waals surface area contributed by atoms with Gasteiger partial charge in [-0.25, -0.2) is 4.57 Å². The first-order valence-electron chi connectivity index (χ1n) is 31.2. The quantitative estimate of drug-likeness (QED) is 0.0205. The molecule has 0 aromatic carbocycles. The number of esters is 1. The minimum Gasteiger partial charge on any atom is -0.456 e. The number of nitrogens with zero attached hydrogens (tertiary/aromatic N) is 1. The maximum absolute atomic E-state index is 13.5. The first-order valence-corrected chi connectivity index (χ1v) is 32.7. The molecule has 0 saturated carbocycles. The fraction of sp³-hybridized carbons (Fsp3) is 0.623. The Morgan fingerprint density at radius 2 is 0.810 bits per heavy atom. The van der Waals surface area contributed by atoms with E-state index in [1.165, 1.54) is 44.9 Å². The lowest BCUT2D eigenvalue weighted by Gasteiger charge is -2.27. The van der Waals surface area contributed by atoms with E-state index < -0.39 is 20.0 Å². The topological polar surface area (TPSA) is 111 Å². The van der Waals surface area contributed by atoms with Gasteiger partial charge in [0.2, 0.25) is 5.91 Å². The second-order valence-electron chi connectivity index (χ2n) is 21.5. The van der Waals surface area contributed by atoms with Gasteiger partial charge in [-0.1, -0.05) is 231 Å². The molecule has 10 heteroatoms. The van der Waals surface area contributed by atoms with Crippen molar-refractivity contribution in [2.75, 3.05) is 40.9 Å². The molecule has 0 spiro atoms. The zero-order valence-corrected chi connectivity index (χ0v) is 51.9. The Bertz CT molecular complexity index is 1860. The number of phosphoric ester groups is 1. The SMILES string of the molecule is CC/C=C\C/C=C\C/C=C\C/C=C\C/C=C\C/C=C\CCCCC(=O)OC(/C=C/CCCCCCCCCCC)C(COP(=O)(O)OCC[N+](C)(C)C)NC(=O)CCCCCCC/C=C\C/C=C\C/C=C\C/C=C\C/C=C\CC. The monoisotopic (exact) mass is 1120 g/mol. The lowest BCUT2D eigenvalue weighted by molar-refractivity contribution is -0.870. The normalized spacial score (nSPS) is 14.7. The Balaban J connectivity index is 5.35. The molecular weight excluding hydrogens is 1000 g/mol. The van der Waals surface area contributed by atoms with E-state index >= 15 is 0 Å². The van der Waals surface area contributed by atoms with E-state index in [0.29, 0.717) is 30.3 Å². The Morgan fingerprint density at radius 3 is 1.23 bits per heavy atom. The molecule has 448 valence electrons. The van der Waals surface area contributed by atoms with E-state index in [9.17, 15) is 19.0 Å². The van der Waals surface area contributed by atoms with Gasteiger partial charge in [-0.2, -0.15) is 0 Å². The summed E-state index contributed by atoms with van der Waals surface area (Å²) in [6, 6.07) is -0.888. The molecule has 0 radical (unpaired) electrons. The van der Waals surface area contributed by atoms with Crippen LogP contribution in [0, 0.1) is 0 Å². The molecule has 0 heterocycles. The summed E-state index contributed by atoms with van der Waals surface area (Å²) in [6.07, 6.45) is 82.8. The standard InChI is InChI=1S/C69H115N2O7P/c1-7-10-13-16-19-22-25-27-29-31-33-35-37-39-41-43-46-49-52-55-58-61-68(72)70-66(65-77-79(74,75)76-64-63-71(4,5)6)67(60-57-54-51-48-45-24-21-18-15-12-9-3)78-69(73)62-59-56-53-50-47-44-42-40-38-36-34-32-30-28-26-23-20-17-14-11-8-2/h10-11,13-14,19-20,22-23,27-30,33-36,39-42,47,50,57,60,66-67H,7-9,12,15-18,21,24-26,31-32,37-38,43-46,48-49,51-56,58-59,61-65H2,1-6H3,(H-,70,72,74,75)/p+1/b13-10-,14-11-,22-19-,23-20-,29-27-,30-28-,35-33-,36-34-,41-39-,42-40-,50-47-,60-57+. The number of phosphoric acid groups is 1. The Labute approximate surface area is 485 Å². The van der Waals surface area contributed by atoms with Crippen molar-refractivity contribution in [2.24, 2.45) is 0 Å². The van der Waals surface area contributed by atoms with Gasteiger partial charge in [-0.05, 0) is 128 Å². The van der Waals surface area contributed by atoms with Crippen LogP contribution in [-0.2, 0) is 27.9 Å². The highest BCUT2D eigenvalue weighted by atomic mass is 31.2. The third-order valence-electron chi connectivity index (χ3n) is 12.8. The highest BCUT2D eigenvalue weighted by molar-refractivity contribution is 7.47. The number of hydrogen-bond donors (Lipinski definition) is 2. The number of ether oxygens (including phenoxy) is 1. The van der Waals surface area contributed by atoms with Crippen LogP contribution in [0.15, 0.2) is 146 Å². The molecule has 2 N–H and O–H groups in total. The summed E-state index contributed by atoms with van der Waals surface area (Å²) in [5.41, 5.74) is 0. The minimum atomic E-state index is -4.48. The van der Waals surface area contributed by atoms with Crippen LogP contribution in [0.1, 0.15) is 226 Å². The lowest BCUT2D eigenvalue weighted by Crippen LogP contribution is -2.47. The van der Waals surface area contributed by atoms with Crippen molar-refractivity contribution in [1.29, 1.82) is 0 Å². The van der Waals surface area contributed by atoms with Gasteiger partial charge in [0.25, 0.3) is 0 Å². The summed E-state index contributed by atoms with van der Waals surface area (Å²) < 4.78 is 30.6. The van der Waals surface area contributed by atoms with Crippen LogP contribution >= 0.6 is 7.82 Å². The van der Waals surface area contributed by atoms with Crippen molar-refractivity contribution >= 4 is 19.7 Å². The van der Waals surface area contributed by atoms with Gasteiger partial charge in [0.1, 0.15) is 19.3 Å². The molecule has 0 aliphatic rings. The first-order chi connectivity index (χ1) is 38.4. The molecule has 0 saturated heterocycles. The molecular formula is C69H116N2O7P+. The summed E-state index contributed by atoms with van der Waals surface area (Å²) in [6.45, 7) is 6.71. The van der Waals surface area contributed by atoms with Crippen molar-refractivity contribution in [3.63, 3.8) is 0 Å². The molecule has 3 unspecified atom stereocenters. The summed E-state index contributed by atoms with van der Waals surface area (Å²) >= 11 is 0. The van der Waals surface area contributed by atoms with Crippen molar-refractivity contribution in [1.82, 2.24) is 5.32 Å². The van der Waals surface area contributed by atoms with Crippen molar-refractivity contribution in [2.45, 2.75) is 238 Å². The van der Waals surface area contributed by atoms with Gasteiger partial charge >= 0.3 is 13.8 Å². The number of unbranched alkanes of at least 4 members (excludes halogenated alkanes) is 16. The highest BCUT2D eigenvalue weighted by Crippen LogP contribution is 2.43. The second kappa shape index (κ2) is 57.1. The number of rotatable bonds is 54. The number of nitrogens with one attached hydrogen (secondary N) is 1. The van der Waals surface area contributed by atoms with E-state index in [-0.39, 0.29) is 31.5 Å². The average molecular weight is 1120 g/mol. The second-order valence-corrected chi connectivity index (χ2v) is 22.9. The Morgan fingerprint density at radius 1 is 0.456 bits per heavy atom. The summed E-state index contributed by atoms with van der Waals surface area (Å²) in [7, 11) is 1.43. The van der Waals surface area contributed by atoms with Gasteiger partial charge in [0.15, 0.2) is 0 Å². The lowest BCUT2D eigenvalue weighted by atomic mass is 10.1. The van der Waals surface area contributed by atoms with E-state index in [1.807, 2.05) is 33.3 Å². The number of allylic oxidation sites excluding steroid dienone is 23. The van der Waals surface area contributed by atoms with Crippen LogP contribution in [0.4, 0.5) is 0 Å². The van der Waals surface area contributed by atoms with Gasteiger partial charge in [0, 0.05) is 12.8 Å². The van der Waals surface area contributed by atoms with Crippen LogP contribution in [0.2, 0.25) is 0 Å². The fourth-order valence-electron chi connectivity index (χ4n) is 8.03. The molecule has 79 heavy (non-hydrogen) atoms. The highest BCUT2D eigenvalue weighted by Gasteiger charge is 2.30. The van der Waals surface area contributed by atoms with E-state index in [4.69, 9.17) is 13.8 Å². The molecule has 0 aliphatic carbocycles. The molecule has 0 fully saturated rings. The zero-order chi connectivity index (χ0) is 57.9. The Hall–Kier alpha value is -4.11. The van der Waals surface area contributed by atoms with Crippen molar-refractivity contribution < 1.29 is 37.3 Å². The van der Waals surface area contributed by atoms with E-state index in [1.54, 1.807) is 0 Å². The van der Waals surface area contributed by atoms with Crippen molar-refractivity contribution in [3.05, 3.63) is 146 Å². The van der Waals surface area contributed by atoms with Crippen LogP contribution in [0.5, 0.6) is 0 Å². The summed E-state index contributed by atoms with van der Waals surface area (Å²) in [4.78, 5) is 37.7. The minimum absolute atomic E-state index is 0.0201. The molecule has 0 rings (SSSR count). The maximum Gasteiger partial charge on any atom is 0.472 e. The van der Waals surface area contributed by atoms with Gasteiger partial charge in [-0.15, -0.1) is 0 Å². The van der Waals surface area contributed by atoms with Crippen LogP contribution < -0.4 is 5.32 Å². The number of quaternary nitrogens is 1. The third-order valence-corrected chi connectivity index (χ3v) is 13.8. The third kappa shape index (κ3) is 58.4.